The lowest BCUT2D eigenvalue weighted by molar-refractivity contribution is -0.141. The van der Waals surface area contributed by atoms with Crippen molar-refractivity contribution in [1.29, 1.82) is 0 Å². The van der Waals surface area contributed by atoms with Crippen molar-refractivity contribution < 1.29 is 27.5 Å². The normalized spacial score (nSPS) is 28.8. The predicted molar refractivity (Wildman–Crippen MR) is 192 cm³/mol. The molecule has 11 nitrogen and oxygen atoms in total. The van der Waals surface area contributed by atoms with Gasteiger partial charge in [-0.3, -0.25) is 19.1 Å². The molecular formula is C36H42ClN5O6S2. The molecule has 0 spiro atoms. The van der Waals surface area contributed by atoms with Gasteiger partial charge in [-0.1, -0.05) is 78.3 Å². The molecule has 2 aliphatic heterocycles. The van der Waals surface area contributed by atoms with Crippen LogP contribution in [0, 0.1) is 5.92 Å². The first kappa shape index (κ1) is 34.9. The molecule has 3 heterocycles. The van der Waals surface area contributed by atoms with E-state index in [-0.39, 0.29) is 31.2 Å². The summed E-state index contributed by atoms with van der Waals surface area (Å²) in [5, 5.41) is 7.39. The zero-order valence-corrected chi connectivity index (χ0v) is 30.3. The van der Waals surface area contributed by atoms with Gasteiger partial charge in [0, 0.05) is 23.9 Å². The molecule has 2 aromatic carbocycles. The smallest absolute Gasteiger partial charge is 0.274 e. The monoisotopic (exact) mass is 739 g/mol. The van der Waals surface area contributed by atoms with Crippen molar-refractivity contribution in [2.45, 2.75) is 99.7 Å². The van der Waals surface area contributed by atoms with Crippen LogP contribution in [0.1, 0.15) is 70.3 Å². The third kappa shape index (κ3) is 7.28. The van der Waals surface area contributed by atoms with E-state index in [1.165, 1.54) is 11.3 Å². The second-order valence-corrected chi connectivity index (χ2v) is 17.8. The second kappa shape index (κ2) is 13.9. The minimum absolute atomic E-state index is 0.145. The van der Waals surface area contributed by atoms with Crippen LogP contribution in [-0.2, 0) is 31.0 Å². The van der Waals surface area contributed by atoms with Crippen molar-refractivity contribution in [3.63, 3.8) is 0 Å². The summed E-state index contributed by atoms with van der Waals surface area (Å²) in [6.45, 7) is 2.24. The molecular weight excluding hydrogens is 698 g/mol. The number of rotatable bonds is 8. The standard InChI is InChI=1S/C36H42ClN5O6S2/c1-35(16-17-35)50(46,47)41-33(45)36-20-24(36)12-8-3-2-4-9-13-28(38-21-23-10-6-5-7-11-23)32(44)42-22-26(19-29(42)31(43)40-36)48-34-39-27-15-14-25(37)18-30(27)49-34/h5-8,10-12,14-15,18,24,26,28-29,38H,2-4,9,13,16-17,19-22H2,1H3,(H,40,43)(H,41,45)/b12-8-/t24-,26-,28+,29+,36-/m1/s1. The zero-order valence-electron chi connectivity index (χ0n) is 27.9. The Kier molecular flexibility index (Phi) is 9.70. The maximum absolute atomic E-state index is 14.4. The molecule has 1 aromatic heterocycles. The molecule has 3 fully saturated rings. The first-order valence-electron chi connectivity index (χ1n) is 17.3. The molecule has 0 unspecified atom stereocenters. The lowest BCUT2D eigenvalue weighted by Crippen LogP contribution is -2.58. The Morgan fingerprint density at radius 1 is 1.14 bits per heavy atom. The van der Waals surface area contributed by atoms with E-state index in [1.54, 1.807) is 17.9 Å². The van der Waals surface area contributed by atoms with E-state index >= 15 is 0 Å². The molecule has 2 saturated carbocycles. The van der Waals surface area contributed by atoms with E-state index in [1.807, 2.05) is 54.6 Å². The van der Waals surface area contributed by atoms with Gasteiger partial charge in [-0.25, -0.2) is 13.4 Å². The van der Waals surface area contributed by atoms with Crippen LogP contribution in [0.15, 0.2) is 60.7 Å². The fraction of sp³-hybridized carbons (Fsp3) is 0.500. The van der Waals surface area contributed by atoms with Gasteiger partial charge in [-0.05, 0) is 69.2 Å². The van der Waals surface area contributed by atoms with E-state index in [2.05, 4.69) is 20.3 Å². The lowest BCUT2D eigenvalue weighted by atomic mass is 10.0. The van der Waals surface area contributed by atoms with Gasteiger partial charge < -0.3 is 20.3 Å². The number of amides is 3. The largest absolute Gasteiger partial charge is 0.465 e. The van der Waals surface area contributed by atoms with E-state index in [4.69, 9.17) is 16.3 Å². The average Bonchev–Trinajstić information content (AvgIpc) is 3.90. The van der Waals surface area contributed by atoms with Crippen LogP contribution in [0.2, 0.25) is 5.02 Å². The molecule has 5 atom stereocenters. The lowest BCUT2D eigenvalue weighted by Gasteiger charge is -2.30. The Morgan fingerprint density at radius 2 is 1.94 bits per heavy atom. The Hall–Kier alpha value is -3.52. The van der Waals surface area contributed by atoms with Crippen molar-refractivity contribution in [2.24, 2.45) is 5.92 Å². The third-order valence-electron chi connectivity index (χ3n) is 10.5. The molecule has 2 aliphatic carbocycles. The number of hydrogen-bond acceptors (Lipinski definition) is 9. The molecule has 4 aliphatic rings. The number of nitrogens with one attached hydrogen (secondary N) is 3. The van der Waals surface area contributed by atoms with Gasteiger partial charge in [-0.15, -0.1) is 0 Å². The number of thiazole rings is 1. The molecule has 3 N–H and O–H groups in total. The Morgan fingerprint density at radius 3 is 2.72 bits per heavy atom. The summed E-state index contributed by atoms with van der Waals surface area (Å²) in [6.07, 6.45) is 8.76. The van der Waals surface area contributed by atoms with Crippen LogP contribution in [0.5, 0.6) is 5.19 Å². The van der Waals surface area contributed by atoms with Gasteiger partial charge in [0.15, 0.2) is 0 Å². The van der Waals surface area contributed by atoms with Gasteiger partial charge in [0.05, 0.1) is 27.6 Å². The maximum atomic E-state index is 14.4. The Bertz CT molecular complexity index is 1920. The SMILES string of the molecule is CC1(S(=O)(=O)NC(=O)[C@@]23C[C@H]2/C=C\CCCCC[C@H](NCc2ccccc2)C(=O)N2C[C@H](Oc4nc5ccc(Cl)cc5s4)C[C@H]2C(=O)N3)CC1. The summed E-state index contributed by atoms with van der Waals surface area (Å²) in [4.78, 5) is 48.7. The predicted octanol–water partition coefficient (Wildman–Crippen LogP) is 4.85. The summed E-state index contributed by atoms with van der Waals surface area (Å²) in [5.74, 6) is -1.84. The second-order valence-electron chi connectivity index (χ2n) is 14.2. The molecule has 1 saturated heterocycles. The zero-order chi connectivity index (χ0) is 35.1. The van der Waals surface area contributed by atoms with E-state index in [9.17, 15) is 22.8 Å². The van der Waals surface area contributed by atoms with Gasteiger partial charge in [0.25, 0.3) is 11.1 Å². The Balaban J connectivity index is 1.17. The molecule has 50 heavy (non-hydrogen) atoms. The average molecular weight is 740 g/mol. The number of nitrogens with zero attached hydrogens (tertiary/aromatic N) is 2. The van der Waals surface area contributed by atoms with Crippen molar-refractivity contribution in [3.05, 3.63) is 71.3 Å². The number of hydrogen-bond donors (Lipinski definition) is 3. The van der Waals surface area contributed by atoms with E-state index < -0.39 is 50.3 Å². The number of aromatic nitrogens is 1. The number of ether oxygens (including phenoxy) is 1. The molecule has 266 valence electrons. The maximum Gasteiger partial charge on any atom is 0.274 e. The third-order valence-corrected chi connectivity index (χ3v) is 13.8. The number of fused-ring (bicyclic) bond motifs is 3. The number of carbonyl (C=O) groups is 3. The van der Waals surface area contributed by atoms with Crippen molar-refractivity contribution in [2.75, 3.05) is 6.54 Å². The summed E-state index contributed by atoms with van der Waals surface area (Å²) in [7, 11) is -3.93. The van der Waals surface area contributed by atoms with Crippen molar-refractivity contribution in [1.82, 2.24) is 25.2 Å². The highest BCUT2D eigenvalue weighted by Gasteiger charge is 2.63. The molecule has 14 heteroatoms. The van der Waals surface area contributed by atoms with Crippen LogP contribution in [0.4, 0.5) is 0 Å². The van der Waals surface area contributed by atoms with Crippen LogP contribution in [-0.4, -0.2) is 71.0 Å². The van der Waals surface area contributed by atoms with Crippen LogP contribution < -0.4 is 20.1 Å². The first-order chi connectivity index (χ1) is 24.0. The van der Waals surface area contributed by atoms with E-state index in [0.29, 0.717) is 36.0 Å². The summed E-state index contributed by atoms with van der Waals surface area (Å²) in [5.41, 5.74) is 0.339. The van der Waals surface area contributed by atoms with Gasteiger partial charge >= 0.3 is 0 Å². The quantitative estimate of drug-likeness (QED) is 0.278. The highest BCUT2D eigenvalue weighted by Crippen LogP contribution is 2.47. The summed E-state index contributed by atoms with van der Waals surface area (Å²) < 4.78 is 34.7. The first-order valence-corrected chi connectivity index (χ1v) is 20.0. The fourth-order valence-electron chi connectivity index (χ4n) is 6.91. The molecule has 3 aromatic rings. The topological polar surface area (TPSA) is 147 Å². The number of carbonyl (C=O) groups excluding carboxylic acids is 3. The van der Waals surface area contributed by atoms with Crippen molar-refractivity contribution in [3.8, 4) is 5.19 Å². The number of sulfonamides is 1. The highest BCUT2D eigenvalue weighted by molar-refractivity contribution is 7.91. The van der Waals surface area contributed by atoms with Gasteiger partial charge in [0.2, 0.25) is 21.8 Å². The number of halogens is 1. The van der Waals surface area contributed by atoms with Gasteiger partial charge in [-0.2, -0.15) is 0 Å². The minimum Gasteiger partial charge on any atom is -0.465 e. The highest BCUT2D eigenvalue weighted by atomic mass is 35.5. The van der Waals surface area contributed by atoms with Crippen LogP contribution >= 0.6 is 22.9 Å². The van der Waals surface area contributed by atoms with Gasteiger partial charge in [0.1, 0.15) is 17.7 Å². The number of allylic oxidation sites excluding steroid dienone is 1. The number of benzene rings is 2. The van der Waals surface area contributed by atoms with Crippen LogP contribution in [0.25, 0.3) is 10.2 Å². The van der Waals surface area contributed by atoms with Crippen LogP contribution in [0.3, 0.4) is 0 Å². The van der Waals surface area contributed by atoms with E-state index in [0.717, 1.165) is 41.5 Å². The Labute approximate surface area is 301 Å². The molecule has 3 amide bonds. The summed E-state index contributed by atoms with van der Waals surface area (Å²) in [6, 6.07) is 13.7. The van der Waals surface area contributed by atoms with Crippen molar-refractivity contribution >= 4 is 60.9 Å². The molecule has 7 rings (SSSR count). The molecule has 0 bridgehead atoms. The fourth-order valence-corrected chi connectivity index (χ4v) is 9.38. The molecule has 0 radical (unpaired) electrons. The summed E-state index contributed by atoms with van der Waals surface area (Å²) >= 11 is 7.53. The minimum atomic E-state index is -3.93.